The molecule has 2 bridgehead atoms. The summed E-state index contributed by atoms with van der Waals surface area (Å²) >= 11 is 0. The van der Waals surface area contributed by atoms with Gasteiger partial charge in [-0.25, -0.2) is 19.2 Å². The maximum Gasteiger partial charge on any atom is 0.366 e. The number of methoxy groups -OCH3 is 1. The summed E-state index contributed by atoms with van der Waals surface area (Å²) in [5.74, 6) is -8.41. The highest BCUT2D eigenvalue weighted by Gasteiger charge is 2.65. The number of phenols is 6. The van der Waals surface area contributed by atoms with Crippen LogP contribution >= 0.6 is 0 Å². The molecule has 0 radical (unpaired) electrons. The summed E-state index contributed by atoms with van der Waals surface area (Å²) in [6.45, 7) is -0.547. The Bertz CT molecular complexity index is 1940. The summed E-state index contributed by atoms with van der Waals surface area (Å²) in [5, 5.41) is 57.8. The van der Waals surface area contributed by atoms with Crippen molar-refractivity contribution in [2.75, 3.05) is 13.7 Å². The number of benzene rings is 3. The zero-order valence-electron chi connectivity index (χ0n) is 27.1. The van der Waals surface area contributed by atoms with Gasteiger partial charge in [-0.1, -0.05) is 18.2 Å². The van der Waals surface area contributed by atoms with E-state index in [1.807, 2.05) is 0 Å². The third-order valence-electron chi connectivity index (χ3n) is 7.83. The number of phenolic OH excluding ortho intramolecular Hbond substituents is 6. The van der Waals surface area contributed by atoms with Crippen LogP contribution < -0.4 is 0 Å². The largest absolute Gasteiger partial charge is 0.504 e. The average Bonchev–Trinajstić information content (AvgIpc) is 3.44. The molecule has 16 heteroatoms. The Labute approximate surface area is 294 Å². The summed E-state index contributed by atoms with van der Waals surface area (Å²) in [7, 11) is 1.06. The predicted molar refractivity (Wildman–Crippen MR) is 176 cm³/mol. The van der Waals surface area contributed by atoms with E-state index >= 15 is 0 Å². The molecule has 2 saturated heterocycles. The van der Waals surface area contributed by atoms with Crippen LogP contribution in [0.3, 0.4) is 0 Å². The first kappa shape index (κ1) is 36.8. The second kappa shape index (κ2) is 15.6. The minimum atomic E-state index is -2.17. The van der Waals surface area contributed by atoms with Crippen LogP contribution in [0.2, 0.25) is 0 Å². The molecule has 2 aliphatic rings. The Morgan fingerprint density at radius 3 is 1.60 bits per heavy atom. The molecule has 0 spiro atoms. The van der Waals surface area contributed by atoms with Gasteiger partial charge in [0.25, 0.3) is 5.79 Å². The van der Waals surface area contributed by atoms with Gasteiger partial charge in [-0.05, 0) is 71.3 Å². The van der Waals surface area contributed by atoms with E-state index in [0.29, 0.717) is 16.7 Å². The van der Waals surface area contributed by atoms with E-state index in [1.54, 1.807) is 0 Å². The zero-order valence-corrected chi connectivity index (χ0v) is 27.1. The lowest BCUT2D eigenvalue weighted by atomic mass is 9.95. The number of hydrogen-bond acceptors (Lipinski definition) is 16. The lowest BCUT2D eigenvalue weighted by Gasteiger charge is -2.38. The smallest absolute Gasteiger partial charge is 0.366 e. The molecule has 3 aromatic carbocycles. The van der Waals surface area contributed by atoms with Crippen LogP contribution in [0.5, 0.6) is 34.5 Å². The van der Waals surface area contributed by atoms with Crippen LogP contribution in [0.15, 0.2) is 72.8 Å². The van der Waals surface area contributed by atoms with Gasteiger partial charge in [0, 0.05) is 18.2 Å². The second-order valence-electron chi connectivity index (χ2n) is 11.4. The molecule has 0 unspecified atom stereocenters. The molecule has 3 aromatic rings. The second-order valence-corrected chi connectivity index (χ2v) is 11.4. The van der Waals surface area contributed by atoms with Gasteiger partial charge < -0.3 is 59.1 Å². The summed E-state index contributed by atoms with van der Waals surface area (Å²) in [4.78, 5) is 51.7. The monoisotopic (exact) mass is 720 g/mol. The highest BCUT2D eigenvalue weighted by Crippen LogP contribution is 2.44. The Balaban J connectivity index is 1.38. The van der Waals surface area contributed by atoms with Gasteiger partial charge in [0.05, 0.1) is 13.5 Å². The maximum atomic E-state index is 13.1. The lowest BCUT2D eigenvalue weighted by Crippen LogP contribution is -2.56. The first-order valence-electron chi connectivity index (χ1n) is 15.4. The van der Waals surface area contributed by atoms with Gasteiger partial charge in [-0.2, -0.15) is 0 Å². The average molecular weight is 721 g/mol. The van der Waals surface area contributed by atoms with Crippen molar-refractivity contribution in [2.24, 2.45) is 0 Å². The normalized spacial score (nSPS) is 22.4. The van der Waals surface area contributed by atoms with Crippen molar-refractivity contribution in [2.45, 2.75) is 36.6 Å². The van der Waals surface area contributed by atoms with Gasteiger partial charge in [-0.15, -0.1) is 0 Å². The number of fused-ring (bicyclic) bond motifs is 2. The number of hydrogen-bond donors (Lipinski definition) is 6. The fraction of sp³-hybridized carbons (Fsp3) is 0.222. The summed E-state index contributed by atoms with van der Waals surface area (Å²) in [6, 6.07) is 11.5. The summed E-state index contributed by atoms with van der Waals surface area (Å²) in [5.41, 5.74) is 0.992. The summed E-state index contributed by atoms with van der Waals surface area (Å²) in [6.07, 6.45) is 0.810. The van der Waals surface area contributed by atoms with Gasteiger partial charge >= 0.3 is 23.9 Å². The molecule has 0 amide bonds. The Kier molecular flexibility index (Phi) is 11.0. The van der Waals surface area contributed by atoms with Crippen LogP contribution in [0.4, 0.5) is 0 Å². The van der Waals surface area contributed by atoms with Gasteiger partial charge in [0.2, 0.25) is 0 Å². The van der Waals surface area contributed by atoms with Crippen LogP contribution in [0.1, 0.15) is 23.1 Å². The number of esters is 4. The predicted octanol–water partition coefficient (Wildman–Crippen LogP) is 2.78. The standard InChI is InChI=1S/C36H32O16/c1-47-35(46)36-17-28(49-31(44)12-6-20-3-9-23(38)26(41)15-20)33(50-32(45)13-7-21-4-10-24(39)27(42)16-21)34(52-36)29(51-36)18-48-30(43)11-5-19-2-8-22(37)25(40)14-19/h2-16,28-29,33-34,37-42H,17-18H2,1H3/b11-5+,12-6+,13-7+/t28-,29-,33-,34+,36-/m1/s1. The van der Waals surface area contributed by atoms with E-state index in [-0.39, 0.29) is 17.2 Å². The van der Waals surface area contributed by atoms with Crippen molar-refractivity contribution in [3.8, 4) is 34.5 Å². The molecule has 5 atom stereocenters. The minimum Gasteiger partial charge on any atom is -0.504 e. The van der Waals surface area contributed by atoms with Crippen LogP contribution in [0, 0.1) is 0 Å². The molecule has 2 heterocycles. The first-order chi connectivity index (χ1) is 24.8. The Hall–Kier alpha value is -6.52. The van der Waals surface area contributed by atoms with E-state index in [2.05, 4.69) is 0 Å². The first-order valence-corrected chi connectivity index (χ1v) is 15.4. The maximum absolute atomic E-state index is 13.1. The van der Waals surface area contributed by atoms with E-state index in [0.717, 1.165) is 25.3 Å². The van der Waals surface area contributed by atoms with Gasteiger partial charge in [0.15, 0.2) is 40.6 Å². The van der Waals surface area contributed by atoms with Crippen molar-refractivity contribution in [1.29, 1.82) is 0 Å². The van der Waals surface area contributed by atoms with Crippen molar-refractivity contribution in [3.05, 3.63) is 89.5 Å². The molecule has 2 aliphatic heterocycles. The highest BCUT2D eigenvalue weighted by molar-refractivity contribution is 5.89. The van der Waals surface area contributed by atoms with Crippen LogP contribution in [0.25, 0.3) is 18.2 Å². The molecule has 0 saturated carbocycles. The van der Waals surface area contributed by atoms with Crippen molar-refractivity contribution < 1.29 is 78.2 Å². The van der Waals surface area contributed by atoms with Crippen LogP contribution in [-0.2, 0) is 47.6 Å². The summed E-state index contributed by atoms with van der Waals surface area (Å²) < 4.78 is 33.3. The number of carbonyl (C=O) groups excluding carboxylic acids is 4. The third-order valence-corrected chi connectivity index (χ3v) is 7.83. The SMILES string of the molecule is COC(=O)[C@@]12C[C@@H](OC(=O)/C=C/c3ccc(O)c(O)c3)[C@@H](OC(=O)/C=C/c3ccc(O)c(O)c3)[C@@H](O1)[C@@H](COC(=O)/C=C/c1ccc(O)c(O)c1)O2. The molecule has 0 aromatic heterocycles. The molecule has 6 N–H and O–H groups in total. The Morgan fingerprint density at radius 1 is 0.673 bits per heavy atom. The van der Waals surface area contributed by atoms with E-state index in [1.165, 1.54) is 72.8 Å². The number of carbonyl (C=O) groups is 4. The molecule has 2 fully saturated rings. The van der Waals surface area contributed by atoms with Crippen LogP contribution in [-0.4, -0.2) is 98.4 Å². The zero-order chi connectivity index (χ0) is 37.6. The third kappa shape index (κ3) is 8.61. The number of rotatable bonds is 11. The van der Waals surface area contributed by atoms with E-state index in [4.69, 9.17) is 28.4 Å². The topological polar surface area (TPSA) is 245 Å². The molecule has 16 nitrogen and oxygen atoms in total. The quantitative estimate of drug-likeness (QED) is 0.0722. The number of ether oxygens (including phenoxy) is 6. The van der Waals surface area contributed by atoms with Crippen molar-refractivity contribution >= 4 is 42.1 Å². The highest BCUT2D eigenvalue weighted by atomic mass is 16.8. The molecule has 272 valence electrons. The number of aromatic hydroxyl groups is 6. The lowest BCUT2D eigenvalue weighted by molar-refractivity contribution is -0.252. The molecule has 0 aliphatic carbocycles. The molecular weight excluding hydrogens is 688 g/mol. The molecular formula is C36H32O16. The van der Waals surface area contributed by atoms with Gasteiger partial charge in [-0.3, -0.25) is 0 Å². The fourth-order valence-electron chi connectivity index (χ4n) is 5.32. The molecule has 52 heavy (non-hydrogen) atoms. The molecule has 5 rings (SSSR count). The van der Waals surface area contributed by atoms with Crippen molar-refractivity contribution in [1.82, 2.24) is 0 Å². The van der Waals surface area contributed by atoms with Crippen molar-refractivity contribution in [3.63, 3.8) is 0 Å². The van der Waals surface area contributed by atoms with E-state index in [9.17, 15) is 49.8 Å². The minimum absolute atomic E-state index is 0.315. The van der Waals surface area contributed by atoms with E-state index < -0.39 is 84.4 Å². The van der Waals surface area contributed by atoms with Gasteiger partial charge in [0.1, 0.15) is 24.9 Å². The fourth-order valence-corrected chi connectivity index (χ4v) is 5.32. The Morgan fingerprint density at radius 2 is 1.13 bits per heavy atom.